The van der Waals surface area contributed by atoms with Gasteiger partial charge in [0.1, 0.15) is 16.2 Å². The summed E-state index contributed by atoms with van der Waals surface area (Å²) in [4.78, 5) is 21.0. The molecule has 3 aromatic rings. The van der Waals surface area contributed by atoms with Crippen molar-refractivity contribution < 1.29 is 9.21 Å². The van der Waals surface area contributed by atoms with Gasteiger partial charge < -0.3 is 20.4 Å². The number of aliphatic imine (C=N–C) groups is 1. The zero-order valence-corrected chi connectivity index (χ0v) is 19.2. The van der Waals surface area contributed by atoms with Crippen molar-refractivity contribution in [2.45, 2.75) is 20.4 Å². The Balaban J connectivity index is 0.00000280. The molecular weight excluding hydrogens is 489 g/mol. The van der Waals surface area contributed by atoms with Gasteiger partial charge in [0.05, 0.1) is 17.7 Å². The number of nitrogens with zero attached hydrogens (tertiary/aromatic N) is 2. The van der Waals surface area contributed by atoms with Crippen LogP contribution in [0.4, 0.5) is 0 Å². The summed E-state index contributed by atoms with van der Waals surface area (Å²) in [5, 5.41) is 10.4. The molecule has 0 bridgehead atoms. The minimum Gasteiger partial charge on any atom is -0.459 e. The zero-order valence-electron chi connectivity index (χ0n) is 16.0. The van der Waals surface area contributed by atoms with Gasteiger partial charge in [-0.1, -0.05) is 18.2 Å². The number of benzene rings is 1. The molecule has 0 spiro atoms. The molecule has 1 amide bonds. The number of aromatic nitrogens is 1. The highest BCUT2D eigenvalue weighted by atomic mass is 127. The average Bonchev–Trinajstić information content (AvgIpc) is 3.25. The van der Waals surface area contributed by atoms with Crippen LogP contribution in [0.2, 0.25) is 0 Å². The molecule has 0 saturated heterocycles. The molecule has 7 nitrogen and oxygen atoms in total. The van der Waals surface area contributed by atoms with Crippen LogP contribution in [0.5, 0.6) is 0 Å². The number of carbonyl (C=O) groups is 1. The molecule has 0 atom stereocenters. The Kier molecular flexibility index (Phi) is 8.24. The van der Waals surface area contributed by atoms with Crippen molar-refractivity contribution in [3.05, 3.63) is 51.7 Å². The quantitative estimate of drug-likeness (QED) is 0.204. The fraction of sp³-hybridized carbons (Fsp3) is 0.316. The van der Waals surface area contributed by atoms with Crippen molar-refractivity contribution in [1.82, 2.24) is 20.9 Å². The van der Waals surface area contributed by atoms with E-state index >= 15 is 0 Å². The van der Waals surface area contributed by atoms with Gasteiger partial charge >= 0.3 is 0 Å². The summed E-state index contributed by atoms with van der Waals surface area (Å²) in [5.74, 6) is 1.43. The Hall–Kier alpha value is -2.14. The standard InChI is InChI=1S/C19H23N5O2S.HI/c1-12-14-6-4-5-7-15(14)26-16(12)10-23-19(20-3)22-9-8-21-18(25)17-13(2)24-11-27-17;/h4-7,11H,8-10H2,1-3H3,(H,21,25)(H2,20,22,23);1H. The summed E-state index contributed by atoms with van der Waals surface area (Å²) in [6.07, 6.45) is 0. The summed E-state index contributed by atoms with van der Waals surface area (Å²) >= 11 is 1.35. The number of halogens is 1. The van der Waals surface area contributed by atoms with Crippen molar-refractivity contribution >= 4 is 58.1 Å². The Bertz CT molecular complexity index is 966. The lowest BCUT2D eigenvalue weighted by Crippen LogP contribution is -2.41. The summed E-state index contributed by atoms with van der Waals surface area (Å²) in [6.45, 7) is 5.46. The van der Waals surface area contributed by atoms with Crippen molar-refractivity contribution in [1.29, 1.82) is 0 Å². The number of carbonyl (C=O) groups excluding carboxylic acids is 1. The van der Waals surface area contributed by atoms with Crippen molar-refractivity contribution in [3.63, 3.8) is 0 Å². The number of hydrogen-bond acceptors (Lipinski definition) is 5. The number of hydrogen-bond donors (Lipinski definition) is 3. The minimum atomic E-state index is -0.0994. The van der Waals surface area contributed by atoms with Crippen LogP contribution in [-0.2, 0) is 6.54 Å². The summed E-state index contributed by atoms with van der Waals surface area (Å²) in [6, 6.07) is 7.99. The monoisotopic (exact) mass is 513 g/mol. The van der Waals surface area contributed by atoms with E-state index in [1.165, 1.54) is 11.3 Å². The van der Waals surface area contributed by atoms with Crippen LogP contribution in [0.25, 0.3) is 11.0 Å². The number of furan rings is 1. The molecule has 28 heavy (non-hydrogen) atoms. The van der Waals surface area contributed by atoms with Crippen LogP contribution < -0.4 is 16.0 Å². The molecule has 9 heteroatoms. The number of nitrogens with one attached hydrogen (secondary N) is 3. The van der Waals surface area contributed by atoms with Crippen molar-refractivity contribution in [2.24, 2.45) is 4.99 Å². The van der Waals surface area contributed by atoms with E-state index in [-0.39, 0.29) is 29.9 Å². The summed E-state index contributed by atoms with van der Waals surface area (Å²) in [5.41, 5.74) is 4.44. The molecule has 0 aliphatic rings. The SMILES string of the molecule is CN=C(NCCNC(=O)c1scnc1C)NCc1oc2ccccc2c1C.I. The number of thiazole rings is 1. The van der Waals surface area contributed by atoms with Gasteiger partial charge in [0.25, 0.3) is 5.91 Å². The van der Waals surface area contributed by atoms with Crippen molar-refractivity contribution in [2.75, 3.05) is 20.1 Å². The van der Waals surface area contributed by atoms with Gasteiger partial charge in [-0.25, -0.2) is 4.98 Å². The van der Waals surface area contributed by atoms with E-state index in [0.717, 1.165) is 28.0 Å². The fourth-order valence-electron chi connectivity index (χ4n) is 2.74. The zero-order chi connectivity index (χ0) is 19.2. The maximum absolute atomic E-state index is 12.0. The number of guanidine groups is 1. The first-order valence-corrected chi connectivity index (χ1v) is 9.58. The third-order valence-electron chi connectivity index (χ3n) is 4.24. The molecule has 0 saturated carbocycles. The van der Waals surface area contributed by atoms with E-state index < -0.39 is 0 Å². The molecule has 3 N–H and O–H groups in total. The van der Waals surface area contributed by atoms with Gasteiger partial charge in [-0.3, -0.25) is 9.79 Å². The van der Waals surface area contributed by atoms with E-state index in [1.807, 2.05) is 25.1 Å². The van der Waals surface area contributed by atoms with Gasteiger partial charge in [-0.2, -0.15) is 0 Å². The second-order valence-electron chi connectivity index (χ2n) is 6.02. The number of fused-ring (bicyclic) bond motifs is 1. The summed E-state index contributed by atoms with van der Waals surface area (Å²) < 4.78 is 5.90. The van der Waals surface area contributed by atoms with E-state index in [9.17, 15) is 4.79 Å². The fourth-order valence-corrected chi connectivity index (χ4v) is 3.45. The first-order chi connectivity index (χ1) is 13.1. The lowest BCUT2D eigenvalue weighted by molar-refractivity contribution is 0.0957. The maximum atomic E-state index is 12.0. The van der Waals surface area contributed by atoms with Gasteiger partial charge in [-0.05, 0) is 19.9 Å². The van der Waals surface area contributed by atoms with E-state index in [2.05, 4.69) is 38.9 Å². The Morgan fingerprint density at radius 2 is 1.93 bits per heavy atom. The molecule has 0 unspecified atom stereocenters. The second-order valence-corrected chi connectivity index (χ2v) is 6.88. The predicted octanol–water partition coefficient (Wildman–Crippen LogP) is 3.22. The van der Waals surface area contributed by atoms with Crippen LogP contribution in [0.15, 0.2) is 39.2 Å². The highest BCUT2D eigenvalue weighted by Gasteiger charge is 2.12. The molecule has 1 aromatic carbocycles. The van der Waals surface area contributed by atoms with Crippen LogP contribution in [0.3, 0.4) is 0 Å². The molecule has 0 aliphatic heterocycles. The normalized spacial score (nSPS) is 11.2. The van der Waals surface area contributed by atoms with Gasteiger partial charge in [0.15, 0.2) is 5.96 Å². The molecule has 3 rings (SSSR count). The van der Waals surface area contributed by atoms with Crippen molar-refractivity contribution in [3.8, 4) is 0 Å². The van der Waals surface area contributed by atoms with Gasteiger partial charge in [0, 0.05) is 31.1 Å². The number of rotatable bonds is 6. The third kappa shape index (κ3) is 5.22. The highest BCUT2D eigenvalue weighted by Crippen LogP contribution is 2.24. The molecular formula is C19H24IN5O2S. The molecule has 150 valence electrons. The van der Waals surface area contributed by atoms with E-state index in [0.29, 0.717) is 30.5 Å². The Labute approximate surface area is 185 Å². The maximum Gasteiger partial charge on any atom is 0.263 e. The number of para-hydroxylation sites is 1. The topological polar surface area (TPSA) is 91.5 Å². The second kappa shape index (κ2) is 10.4. The lowest BCUT2D eigenvalue weighted by Gasteiger charge is -2.11. The van der Waals surface area contributed by atoms with Gasteiger partial charge in [0.2, 0.25) is 0 Å². The predicted molar refractivity (Wildman–Crippen MR) is 124 cm³/mol. The Morgan fingerprint density at radius 3 is 2.61 bits per heavy atom. The number of aryl methyl sites for hydroxylation is 2. The smallest absolute Gasteiger partial charge is 0.263 e. The van der Waals surface area contributed by atoms with Crippen LogP contribution in [-0.4, -0.2) is 37.0 Å². The summed E-state index contributed by atoms with van der Waals surface area (Å²) in [7, 11) is 1.71. The van der Waals surface area contributed by atoms with E-state index in [4.69, 9.17) is 4.42 Å². The first kappa shape index (κ1) is 22.2. The number of amides is 1. The third-order valence-corrected chi connectivity index (χ3v) is 5.16. The van der Waals surface area contributed by atoms with Gasteiger partial charge in [-0.15, -0.1) is 35.3 Å². The minimum absolute atomic E-state index is 0. The first-order valence-electron chi connectivity index (χ1n) is 8.70. The van der Waals surface area contributed by atoms with Crippen LogP contribution in [0.1, 0.15) is 26.7 Å². The molecule has 2 aromatic heterocycles. The molecule has 2 heterocycles. The average molecular weight is 513 g/mol. The molecule has 0 radical (unpaired) electrons. The molecule has 0 aliphatic carbocycles. The van der Waals surface area contributed by atoms with Crippen LogP contribution >= 0.6 is 35.3 Å². The largest absolute Gasteiger partial charge is 0.459 e. The highest BCUT2D eigenvalue weighted by molar-refractivity contribution is 14.0. The van der Waals surface area contributed by atoms with E-state index in [1.54, 1.807) is 12.6 Å². The van der Waals surface area contributed by atoms with Crippen LogP contribution in [0, 0.1) is 13.8 Å². The molecule has 0 fully saturated rings. The lowest BCUT2D eigenvalue weighted by atomic mass is 10.1. The Morgan fingerprint density at radius 1 is 1.18 bits per heavy atom.